The second kappa shape index (κ2) is 4.73. The maximum atomic E-state index is 2.40. The molecule has 0 fully saturated rings. The van der Waals surface area contributed by atoms with Crippen molar-refractivity contribution in [1.82, 2.24) is 0 Å². The lowest BCUT2D eigenvalue weighted by Crippen LogP contribution is -2.23. The van der Waals surface area contributed by atoms with Crippen LogP contribution in [0.5, 0.6) is 0 Å². The van der Waals surface area contributed by atoms with Gasteiger partial charge in [0.2, 0.25) is 0 Å². The Labute approximate surface area is 115 Å². The van der Waals surface area contributed by atoms with Crippen LogP contribution in [0.1, 0.15) is 30.5 Å². The van der Waals surface area contributed by atoms with Crippen LogP contribution in [-0.2, 0) is 19.4 Å². The van der Waals surface area contributed by atoms with Crippen molar-refractivity contribution in [3.05, 3.63) is 53.1 Å². The van der Waals surface area contributed by atoms with E-state index in [1.807, 2.05) is 0 Å². The first-order valence-electron chi connectivity index (χ1n) is 7.19. The first-order valence-corrected chi connectivity index (χ1v) is 7.19. The Kier molecular flexibility index (Phi) is 3.06. The second-order valence-corrected chi connectivity index (χ2v) is 5.37. The molecule has 1 heterocycles. The highest BCUT2D eigenvalue weighted by molar-refractivity contribution is 5.85. The fraction of sp³-hybridized carbons (Fsp3) is 0.333. The zero-order valence-corrected chi connectivity index (χ0v) is 12.0. The summed E-state index contributed by atoms with van der Waals surface area (Å²) in [4.78, 5) is 2.40. The minimum atomic E-state index is 1.02. The maximum absolute atomic E-state index is 2.40. The zero-order chi connectivity index (χ0) is 13.4. The Balaban J connectivity index is 2.22. The molecule has 2 aromatic carbocycles. The summed E-state index contributed by atoms with van der Waals surface area (Å²) < 4.78 is 0. The van der Waals surface area contributed by atoms with Gasteiger partial charge in [0.1, 0.15) is 0 Å². The highest BCUT2D eigenvalue weighted by Crippen LogP contribution is 2.40. The van der Waals surface area contributed by atoms with E-state index in [1.54, 1.807) is 0 Å². The minimum absolute atomic E-state index is 1.02. The molecule has 98 valence electrons. The first kappa shape index (κ1) is 12.3. The van der Waals surface area contributed by atoms with Gasteiger partial charge in [-0.3, -0.25) is 0 Å². The summed E-state index contributed by atoms with van der Waals surface area (Å²) in [6.07, 6.45) is 2.20. The van der Waals surface area contributed by atoms with Crippen LogP contribution < -0.4 is 4.90 Å². The summed E-state index contributed by atoms with van der Waals surface area (Å²) in [6, 6.07) is 13.6. The first-order chi connectivity index (χ1) is 9.24. The lowest BCUT2D eigenvalue weighted by Gasteiger charge is -2.32. The van der Waals surface area contributed by atoms with Crippen LogP contribution in [0, 0.1) is 0 Å². The normalized spacial score (nSPS) is 13.1. The molecule has 0 saturated carbocycles. The molecule has 1 nitrogen and oxygen atoms in total. The van der Waals surface area contributed by atoms with E-state index in [0.717, 1.165) is 19.4 Å². The van der Waals surface area contributed by atoms with Crippen molar-refractivity contribution >= 4 is 5.69 Å². The summed E-state index contributed by atoms with van der Waals surface area (Å²) in [7, 11) is 2.21. The maximum Gasteiger partial charge on any atom is 0.0478 e. The number of benzene rings is 2. The number of hydrogen-bond donors (Lipinski definition) is 0. The van der Waals surface area contributed by atoms with Gasteiger partial charge in [0.25, 0.3) is 0 Å². The fourth-order valence-electron chi connectivity index (χ4n) is 3.14. The average Bonchev–Trinajstić information content (AvgIpc) is 2.46. The SMILES string of the molecule is CCc1ccc2c(c1)CN(C)c1c(CC)cccc1-2. The van der Waals surface area contributed by atoms with Crippen LogP contribution in [-0.4, -0.2) is 7.05 Å². The lowest BCUT2D eigenvalue weighted by molar-refractivity contribution is 0.892. The van der Waals surface area contributed by atoms with Crippen molar-refractivity contribution in [3.8, 4) is 11.1 Å². The molecule has 1 aliphatic rings. The molecular formula is C18H21N. The minimum Gasteiger partial charge on any atom is -0.370 e. The third-order valence-corrected chi connectivity index (χ3v) is 4.16. The van der Waals surface area contributed by atoms with E-state index in [1.165, 1.54) is 33.5 Å². The Bertz CT molecular complexity index is 613. The van der Waals surface area contributed by atoms with Crippen LogP contribution in [0.3, 0.4) is 0 Å². The number of rotatable bonds is 2. The Morgan fingerprint density at radius 1 is 1.00 bits per heavy atom. The van der Waals surface area contributed by atoms with Crippen molar-refractivity contribution in [2.45, 2.75) is 33.2 Å². The second-order valence-electron chi connectivity index (χ2n) is 5.37. The van der Waals surface area contributed by atoms with Gasteiger partial charge in [-0.05, 0) is 35.1 Å². The van der Waals surface area contributed by atoms with Crippen LogP contribution in [0.4, 0.5) is 5.69 Å². The summed E-state index contributed by atoms with van der Waals surface area (Å²) in [5.41, 5.74) is 8.57. The highest BCUT2D eigenvalue weighted by Gasteiger charge is 2.21. The Hall–Kier alpha value is -1.76. The third-order valence-electron chi connectivity index (χ3n) is 4.16. The lowest BCUT2D eigenvalue weighted by atomic mass is 9.89. The molecule has 0 aromatic heterocycles. The number of nitrogens with zero attached hydrogens (tertiary/aromatic N) is 1. The van der Waals surface area contributed by atoms with Crippen LogP contribution >= 0.6 is 0 Å². The largest absolute Gasteiger partial charge is 0.370 e. The van der Waals surface area contributed by atoms with Crippen molar-refractivity contribution < 1.29 is 0 Å². The van der Waals surface area contributed by atoms with E-state index < -0.39 is 0 Å². The summed E-state index contributed by atoms with van der Waals surface area (Å²) in [5.74, 6) is 0. The van der Waals surface area contributed by atoms with Crippen molar-refractivity contribution in [2.75, 3.05) is 11.9 Å². The smallest absolute Gasteiger partial charge is 0.0478 e. The van der Waals surface area contributed by atoms with Gasteiger partial charge >= 0.3 is 0 Å². The van der Waals surface area contributed by atoms with Gasteiger partial charge < -0.3 is 4.90 Å². The Morgan fingerprint density at radius 3 is 2.58 bits per heavy atom. The fourth-order valence-corrected chi connectivity index (χ4v) is 3.14. The van der Waals surface area contributed by atoms with Crippen molar-refractivity contribution in [3.63, 3.8) is 0 Å². The summed E-state index contributed by atoms with van der Waals surface area (Å²) in [5, 5.41) is 0. The summed E-state index contributed by atoms with van der Waals surface area (Å²) >= 11 is 0. The van der Waals surface area contributed by atoms with Gasteiger partial charge in [-0.15, -0.1) is 0 Å². The molecule has 0 bridgehead atoms. The van der Waals surface area contributed by atoms with Crippen LogP contribution in [0.2, 0.25) is 0 Å². The van der Waals surface area contributed by atoms with E-state index in [4.69, 9.17) is 0 Å². The predicted molar refractivity (Wildman–Crippen MR) is 82.7 cm³/mol. The molecule has 0 radical (unpaired) electrons. The molecule has 0 N–H and O–H groups in total. The molecule has 1 aliphatic heterocycles. The van der Waals surface area contributed by atoms with Gasteiger partial charge in [0.05, 0.1) is 0 Å². The van der Waals surface area contributed by atoms with Gasteiger partial charge in [-0.2, -0.15) is 0 Å². The summed E-state index contributed by atoms with van der Waals surface area (Å²) in [6.45, 7) is 5.48. The van der Waals surface area contributed by atoms with E-state index in [0.29, 0.717) is 0 Å². The molecule has 0 saturated heterocycles. The molecular weight excluding hydrogens is 230 g/mol. The van der Waals surface area contributed by atoms with E-state index in [-0.39, 0.29) is 0 Å². The molecule has 19 heavy (non-hydrogen) atoms. The molecule has 2 aromatic rings. The van der Waals surface area contributed by atoms with Gasteiger partial charge in [-0.1, -0.05) is 50.2 Å². The molecule has 0 unspecified atom stereocenters. The van der Waals surface area contributed by atoms with Crippen molar-refractivity contribution in [1.29, 1.82) is 0 Å². The number of aryl methyl sites for hydroxylation is 2. The molecule has 0 amide bonds. The third kappa shape index (κ3) is 1.94. The van der Waals surface area contributed by atoms with Gasteiger partial charge in [0, 0.05) is 24.8 Å². The van der Waals surface area contributed by atoms with Crippen molar-refractivity contribution in [2.24, 2.45) is 0 Å². The van der Waals surface area contributed by atoms with Crippen LogP contribution in [0.15, 0.2) is 36.4 Å². The van der Waals surface area contributed by atoms with E-state index in [9.17, 15) is 0 Å². The standard InChI is InChI=1S/C18H21N/c1-4-13-9-10-16-15(11-13)12-19(3)18-14(5-2)7-6-8-17(16)18/h6-11H,4-5,12H2,1-3H3. The van der Waals surface area contributed by atoms with Gasteiger partial charge in [-0.25, -0.2) is 0 Å². The molecule has 0 aliphatic carbocycles. The monoisotopic (exact) mass is 251 g/mol. The number of para-hydroxylation sites is 1. The molecule has 1 heteroatoms. The molecule has 3 rings (SSSR count). The quantitative estimate of drug-likeness (QED) is 0.763. The Morgan fingerprint density at radius 2 is 1.84 bits per heavy atom. The molecule has 0 atom stereocenters. The zero-order valence-electron chi connectivity index (χ0n) is 12.0. The van der Waals surface area contributed by atoms with E-state index in [2.05, 4.69) is 62.2 Å². The number of fused-ring (bicyclic) bond motifs is 3. The van der Waals surface area contributed by atoms with Crippen LogP contribution in [0.25, 0.3) is 11.1 Å². The average molecular weight is 251 g/mol. The highest BCUT2D eigenvalue weighted by atomic mass is 15.1. The predicted octanol–water partition coefficient (Wildman–Crippen LogP) is 4.43. The number of hydrogen-bond acceptors (Lipinski definition) is 1. The topological polar surface area (TPSA) is 3.24 Å². The number of anilines is 1. The van der Waals surface area contributed by atoms with Gasteiger partial charge in [0.15, 0.2) is 0 Å². The molecule has 0 spiro atoms. The van der Waals surface area contributed by atoms with E-state index >= 15 is 0 Å².